The molecule has 0 aliphatic heterocycles. The fourth-order valence-electron chi connectivity index (χ4n) is 4.02. The number of hydrogen-bond acceptors (Lipinski definition) is 4. The molecule has 0 bridgehead atoms. The average molecular weight is 653 g/mol. The van der Waals surface area contributed by atoms with Crippen LogP contribution in [0, 0.1) is 6.42 Å². The number of benzene rings is 4. The molecule has 1 amide bonds. The molecule has 0 atom stereocenters. The summed E-state index contributed by atoms with van der Waals surface area (Å²) in [5, 5.41) is 11.8. The standard InChI is InChI=1S/C18H15P.C16H15N2O3.Pd/c1-4-10-16(11-5-1)19(17-12-6-2-7-13-17)18-14-8-3-9-15-18;1-20-14-9-8-13(15(10-14)21-2)11-17-18-16(19)12-6-4-3-5-7-12;/h1-15H;3-11H,1-2H3;/q;-1;/p+1. The van der Waals surface area contributed by atoms with Gasteiger partial charge in [0.05, 0.1) is 22.1 Å². The van der Waals surface area contributed by atoms with E-state index in [4.69, 9.17) is 9.47 Å². The molecule has 5 rings (SSSR count). The first kappa shape index (κ1) is 31.5. The molecule has 0 radical (unpaired) electrons. The first-order valence-corrected chi connectivity index (χ1v) is 14.3. The average Bonchev–Trinajstić information content (AvgIpc) is 3.03. The molecule has 0 spiro atoms. The summed E-state index contributed by atoms with van der Waals surface area (Å²) in [6.07, 6.45) is 6.77. The second-order valence-corrected chi connectivity index (χ2v) is 11.1. The van der Waals surface area contributed by atoms with Crippen molar-refractivity contribution in [3.63, 3.8) is 0 Å². The molecular formula is C34H31N2O3PPd. The summed E-state index contributed by atoms with van der Waals surface area (Å²) >= 11 is 0. The van der Waals surface area contributed by atoms with Gasteiger partial charge in [-0.3, -0.25) is 4.79 Å². The van der Waals surface area contributed by atoms with Gasteiger partial charge >= 0.3 is 0 Å². The summed E-state index contributed by atoms with van der Waals surface area (Å²) in [6.45, 7) is 0. The number of amides is 1. The fourth-order valence-corrected chi connectivity index (χ4v) is 6.60. The second-order valence-electron chi connectivity index (χ2n) is 8.60. The normalized spacial score (nSPS) is 13.2. The number of hydrogen-bond donors (Lipinski definition) is 0. The molecule has 0 heterocycles. The van der Waals surface area contributed by atoms with Crippen molar-refractivity contribution in [3.8, 4) is 0 Å². The van der Waals surface area contributed by atoms with Crippen molar-refractivity contribution in [2.45, 2.75) is 0 Å². The molecule has 4 aromatic rings. The Morgan fingerprint density at radius 1 is 0.707 bits per heavy atom. The van der Waals surface area contributed by atoms with Crippen LogP contribution in [-0.2, 0) is 29.9 Å². The van der Waals surface area contributed by atoms with Crippen LogP contribution in [-0.4, -0.2) is 20.1 Å². The van der Waals surface area contributed by atoms with Crippen LogP contribution in [0.5, 0.6) is 0 Å². The Hall–Kier alpha value is -4.07. The zero-order valence-electron chi connectivity index (χ0n) is 22.8. The zero-order chi connectivity index (χ0) is 28.0. The topological polar surface area (TPSA) is 60.2 Å². The van der Waals surface area contributed by atoms with Crippen LogP contribution in [0.25, 0.3) is 0 Å². The summed E-state index contributed by atoms with van der Waals surface area (Å²) in [6, 6.07) is 41.3. The Kier molecular flexibility index (Phi) is 13.0. The molecule has 0 N–H and O–H groups in total. The van der Waals surface area contributed by atoms with Gasteiger partial charge in [-0.1, -0.05) is 84.4 Å². The first-order chi connectivity index (χ1) is 19.7. The summed E-state index contributed by atoms with van der Waals surface area (Å²) in [7, 11) is 2.26. The molecule has 1 aliphatic rings. The predicted octanol–water partition coefficient (Wildman–Crippen LogP) is 6.62. The number of allylic oxidation sites excluding steroid dienone is 3. The van der Waals surface area contributed by atoms with Gasteiger partial charge in [-0.05, 0) is 54.7 Å². The summed E-state index contributed by atoms with van der Waals surface area (Å²) in [5.41, 5.74) is 1.21. The van der Waals surface area contributed by atoms with E-state index in [0.29, 0.717) is 22.7 Å². The molecule has 5 nitrogen and oxygen atoms in total. The van der Waals surface area contributed by atoms with Gasteiger partial charge in [-0.15, -0.1) is 17.6 Å². The Bertz CT molecular complexity index is 1400. The molecule has 210 valence electrons. The van der Waals surface area contributed by atoms with E-state index in [1.165, 1.54) is 22.1 Å². The van der Waals surface area contributed by atoms with Crippen LogP contribution >= 0.6 is 7.92 Å². The summed E-state index contributed by atoms with van der Waals surface area (Å²) < 4.78 is 10.3. The van der Waals surface area contributed by atoms with E-state index in [-0.39, 0.29) is 26.3 Å². The minimum Gasteiger partial charge on any atom is -0.540 e. The van der Waals surface area contributed by atoms with Crippen LogP contribution in [0.4, 0.5) is 0 Å². The summed E-state index contributed by atoms with van der Waals surface area (Å²) in [4.78, 5) is 11.8. The third-order valence-corrected chi connectivity index (χ3v) is 8.73. The Morgan fingerprint density at radius 3 is 1.61 bits per heavy atom. The van der Waals surface area contributed by atoms with Crippen LogP contribution < -0.4 is 15.9 Å². The molecule has 0 fully saturated rings. The number of rotatable bonds is 7. The number of azo groups is 1. The number of methoxy groups -OCH3 is 2. The Labute approximate surface area is 256 Å². The van der Waals surface area contributed by atoms with Crippen molar-refractivity contribution in [1.82, 2.24) is 0 Å². The fraction of sp³-hybridized carbons (Fsp3) is 0.0588. The maximum absolute atomic E-state index is 11.8. The first-order valence-electron chi connectivity index (χ1n) is 12.8. The molecule has 41 heavy (non-hydrogen) atoms. The van der Waals surface area contributed by atoms with Crippen molar-refractivity contribution >= 4 is 29.7 Å². The van der Waals surface area contributed by atoms with Crippen LogP contribution in [0.2, 0.25) is 0 Å². The van der Waals surface area contributed by atoms with Gasteiger partial charge in [-0.25, -0.2) is 5.11 Å². The predicted molar refractivity (Wildman–Crippen MR) is 165 cm³/mol. The minimum atomic E-state index is -0.877. The van der Waals surface area contributed by atoms with Crippen molar-refractivity contribution in [1.29, 1.82) is 0 Å². The van der Waals surface area contributed by atoms with Gasteiger partial charge in [0.2, 0.25) is 0 Å². The van der Waals surface area contributed by atoms with Gasteiger partial charge < -0.3 is 9.47 Å². The van der Waals surface area contributed by atoms with Gasteiger partial charge in [0.15, 0.2) is 0 Å². The molecule has 1 aliphatic carbocycles. The van der Waals surface area contributed by atoms with Gasteiger partial charge in [0, 0.05) is 37.5 Å². The van der Waals surface area contributed by atoms with Crippen molar-refractivity contribution in [2.24, 2.45) is 10.2 Å². The van der Waals surface area contributed by atoms with Crippen LogP contribution in [0.3, 0.4) is 0 Å². The maximum atomic E-state index is 11.8. The van der Waals surface area contributed by atoms with Crippen LogP contribution in [0.15, 0.2) is 167 Å². The van der Waals surface area contributed by atoms with Gasteiger partial charge in [-0.2, -0.15) is 0 Å². The van der Waals surface area contributed by atoms with E-state index in [1.54, 1.807) is 57.1 Å². The Morgan fingerprint density at radius 2 is 1.17 bits per heavy atom. The molecule has 0 saturated heterocycles. The smallest absolute Gasteiger partial charge is 0.294 e. The van der Waals surface area contributed by atoms with Crippen molar-refractivity contribution in [3.05, 3.63) is 169 Å². The van der Waals surface area contributed by atoms with E-state index in [1.807, 2.05) is 6.07 Å². The summed E-state index contributed by atoms with van der Waals surface area (Å²) in [5.74, 6) is 0.890. The van der Waals surface area contributed by atoms with E-state index in [2.05, 4.69) is 101 Å². The number of nitrogens with zero attached hydrogens (tertiary/aromatic N) is 2. The molecule has 0 aromatic heterocycles. The third-order valence-electron chi connectivity index (χ3n) is 5.99. The maximum Gasteiger partial charge on any atom is 0.294 e. The number of carbonyl (C=O) groups is 1. The third kappa shape index (κ3) is 9.24. The van der Waals surface area contributed by atoms with E-state index >= 15 is 0 Å². The molecule has 7 heteroatoms. The second kappa shape index (κ2) is 16.9. The largest absolute Gasteiger partial charge is 0.540 e. The molecule has 0 saturated carbocycles. The zero-order valence-corrected chi connectivity index (χ0v) is 25.3. The molecule has 4 aromatic carbocycles. The van der Waals surface area contributed by atoms with Crippen molar-refractivity contribution < 1.29 is 34.7 Å². The van der Waals surface area contributed by atoms with Crippen molar-refractivity contribution in [2.75, 3.05) is 14.2 Å². The quantitative estimate of drug-likeness (QED) is 0.0977. The molecular weight excluding hydrogens is 622 g/mol. The SMILES string of the molecule is COC1=C[CH-]C(=CN=NC(=O)c2ccccc2)C(OC)=C1.[Pd].c1ccc([PH+](c2ccccc2)c2ccccc2)cc1. The monoisotopic (exact) mass is 652 g/mol. The number of ether oxygens (including phenoxy) is 2. The van der Waals surface area contributed by atoms with E-state index in [0.717, 1.165) is 0 Å². The number of carbonyl (C=O) groups excluding carboxylic acids is 1. The molecule has 0 unspecified atom stereocenters. The Balaban J connectivity index is 0.000000221. The minimum absolute atomic E-state index is 0. The van der Waals surface area contributed by atoms with Crippen LogP contribution in [0.1, 0.15) is 10.4 Å². The van der Waals surface area contributed by atoms with Gasteiger partial charge in [0.25, 0.3) is 5.91 Å². The van der Waals surface area contributed by atoms with Gasteiger partial charge in [0.1, 0.15) is 15.9 Å². The van der Waals surface area contributed by atoms with E-state index < -0.39 is 7.92 Å². The van der Waals surface area contributed by atoms with E-state index in [9.17, 15) is 4.79 Å².